The summed E-state index contributed by atoms with van der Waals surface area (Å²) in [6.45, 7) is 2.06. The average Bonchev–Trinajstić information content (AvgIpc) is 3.29. The highest BCUT2D eigenvalue weighted by atomic mass is 32.1. The van der Waals surface area contributed by atoms with Crippen molar-refractivity contribution in [1.29, 1.82) is 0 Å². The van der Waals surface area contributed by atoms with E-state index in [1.807, 2.05) is 12.2 Å². The van der Waals surface area contributed by atoms with Crippen molar-refractivity contribution in [2.75, 3.05) is 6.61 Å². The summed E-state index contributed by atoms with van der Waals surface area (Å²) in [5.74, 6) is -0.453. The SMILES string of the molecule is CCOC(=O)c1c(-n2c(O)c3c(c2O)C2C=CC(C3)O2)sc2c1CCCC2. The standard InChI is InChI=1S/C20H21NO5S/c1-2-25-20(24)16-11-5-3-4-6-14(11)27-19(16)21-17(22)12-9-10-7-8-13(26-10)15(12)18(21)23/h7-8,10,13,22-23H,2-6,9H2,1H3. The third kappa shape index (κ3) is 2.38. The molecule has 0 spiro atoms. The van der Waals surface area contributed by atoms with Crippen LogP contribution in [0.1, 0.15) is 57.8 Å². The summed E-state index contributed by atoms with van der Waals surface area (Å²) in [7, 11) is 0. The highest BCUT2D eigenvalue weighted by Crippen LogP contribution is 2.50. The second-order valence-corrected chi connectivity index (χ2v) is 8.25. The van der Waals surface area contributed by atoms with Crippen molar-refractivity contribution in [1.82, 2.24) is 4.57 Å². The summed E-state index contributed by atoms with van der Waals surface area (Å²) in [5.41, 5.74) is 2.78. The molecule has 5 rings (SSSR count). The van der Waals surface area contributed by atoms with Gasteiger partial charge in [-0.2, -0.15) is 0 Å². The molecule has 2 aromatic heterocycles. The van der Waals surface area contributed by atoms with Crippen LogP contribution in [0.4, 0.5) is 0 Å². The number of nitrogens with zero attached hydrogens (tertiary/aromatic N) is 1. The number of thiophene rings is 1. The van der Waals surface area contributed by atoms with Gasteiger partial charge in [-0.1, -0.05) is 12.2 Å². The zero-order valence-corrected chi connectivity index (χ0v) is 15.8. The minimum atomic E-state index is -0.393. The van der Waals surface area contributed by atoms with Gasteiger partial charge in [-0.25, -0.2) is 9.36 Å². The maximum atomic E-state index is 12.7. The number of hydrogen-bond donors (Lipinski definition) is 2. The Kier molecular flexibility index (Phi) is 3.84. The van der Waals surface area contributed by atoms with Crippen LogP contribution < -0.4 is 0 Å². The number of carbonyl (C=O) groups is 1. The quantitative estimate of drug-likeness (QED) is 0.622. The van der Waals surface area contributed by atoms with Crippen molar-refractivity contribution < 1.29 is 24.5 Å². The molecule has 0 radical (unpaired) electrons. The topological polar surface area (TPSA) is 80.9 Å². The Labute approximate surface area is 160 Å². The Hall–Kier alpha value is -2.25. The van der Waals surface area contributed by atoms with Crippen molar-refractivity contribution in [3.8, 4) is 16.8 Å². The van der Waals surface area contributed by atoms with Crippen LogP contribution in [-0.4, -0.2) is 33.5 Å². The Morgan fingerprint density at radius 1 is 1.26 bits per heavy atom. The summed E-state index contributed by atoms with van der Waals surface area (Å²) >= 11 is 1.46. The molecule has 0 fully saturated rings. The summed E-state index contributed by atoms with van der Waals surface area (Å²) in [6.07, 6.45) is 7.78. The molecular weight excluding hydrogens is 366 g/mol. The summed E-state index contributed by atoms with van der Waals surface area (Å²) in [5, 5.41) is 22.5. The molecule has 0 saturated carbocycles. The fraction of sp³-hybridized carbons (Fsp3) is 0.450. The lowest BCUT2D eigenvalue weighted by atomic mass is 9.95. The lowest BCUT2D eigenvalue weighted by Crippen LogP contribution is -2.17. The first-order valence-corrected chi connectivity index (χ1v) is 10.2. The van der Waals surface area contributed by atoms with Gasteiger partial charge in [0, 0.05) is 16.9 Å². The Morgan fingerprint density at radius 3 is 2.89 bits per heavy atom. The van der Waals surface area contributed by atoms with E-state index in [9.17, 15) is 15.0 Å². The fourth-order valence-corrected chi connectivity index (χ4v) is 5.79. The van der Waals surface area contributed by atoms with Crippen LogP contribution in [-0.2, 0) is 28.7 Å². The molecule has 3 aliphatic rings. The van der Waals surface area contributed by atoms with Gasteiger partial charge in [0.25, 0.3) is 0 Å². The molecule has 0 saturated heterocycles. The summed E-state index contributed by atoms with van der Waals surface area (Å²) < 4.78 is 12.5. The van der Waals surface area contributed by atoms with Gasteiger partial charge in [-0.3, -0.25) is 0 Å². The van der Waals surface area contributed by atoms with Gasteiger partial charge in [-0.05, 0) is 38.2 Å². The Morgan fingerprint density at radius 2 is 2.07 bits per heavy atom. The molecule has 142 valence electrons. The number of aromatic nitrogens is 1. The van der Waals surface area contributed by atoms with Crippen LogP contribution >= 0.6 is 11.3 Å². The van der Waals surface area contributed by atoms with Crippen LogP contribution in [0, 0.1) is 0 Å². The number of hydrogen-bond acceptors (Lipinski definition) is 6. The molecule has 0 aromatic carbocycles. The first kappa shape index (κ1) is 16.9. The van der Waals surface area contributed by atoms with Crippen LogP contribution in [0.3, 0.4) is 0 Å². The zero-order valence-electron chi connectivity index (χ0n) is 15.0. The van der Waals surface area contributed by atoms with Gasteiger partial charge in [-0.15, -0.1) is 11.3 Å². The van der Waals surface area contributed by atoms with E-state index >= 15 is 0 Å². The number of fused-ring (bicyclic) bond motifs is 5. The van der Waals surface area contributed by atoms with E-state index < -0.39 is 5.97 Å². The first-order valence-electron chi connectivity index (χ1n) is 9.41. The van der Waals surface area contributed by atoms with Crippen molar-refractivity contribution >= 4 is 17.3 Å². The van der Waals surface area contributed by atoms with Gasteiger partial charge in [0.2, 0.25) is 11.8 Å². The summed E-state index contributed by atoms with van der Waals surface area (Å²) in [6, 6.07) is 0. The lowest BCUT2D eigenvalue weighted by Gasteiger charge is -2.20. The van der Waals surface area contributed by atoms with Gasteiger partial charge in [0.15, 0.2) is 0 Å². The maximum Gasteiger partial charge on any atom is 0.341 e. The van der Waals surface area contributed by atoms with Crippen LogP contribution in [0.2, 0.25) is 0 Å². The Bertz CT molecular complexity index is 970. The van der Waals surface area contributed by atoms with Crippen molar-refractivity contribution in [2.24, 2.45) is 0 Å². The van der Waals surface area contributed by atoms with E-state index in [0.29, 0.717) is 28.1 Å². The molecule has 2 aliphatic heterocycles. The van der Waals surface area contributed by atoms with E-state index in [1.165, 1.54) is 15.9 Å². The van der Waals surface area contributed by atoms with Crippen LogP contribution in [0.25, 0.3) is 5.00 Å². The number of ether oxygens (including phenoxy) is 2. The monoisotopic (exact) mass is 387 g/mol. The van der Waals surface area contributed by atoms with Crippen LogP contribution in [0.5, 0.6) is 11.8 Å². The molecule has 0 amide bonds. The number of rotatable bonds is 3. The van der Waals surface area contributed by atoms with Crippen molar-refractivity contribution in [2.45, 2.75) is 51.2 Å². The molecule has 2 N–H and O–H groups in total. The molecule has 2 aromatic rings. The van der Waals surface area contributed by atoms with E-state index in [0.717, 1.165) is 36.1 Å². The highest BCUT2D eigenvalue weighted by molar-refractivity contribution is 7.15. The van der Waals surface area contributed by atoms with Gasteiger partial charge in [0.1, 0.15) is 11.1 Å². The largest absolute Gasteiger partial charge is 0.494 e. The molecule has 6 nitrogen and oxygen atoms in total. The van der Waals surface area contributed by atoms with Gasteiger partial charge < -0.3 is 19.7 Å². The van der Waals surface area contributed by atoms with E-state index in [4.69, 9.17) is 9.47 Å². The third-order valence-corrected chi connectivity index (χ3v) is 6.88. The molecule has 2 atom stereocenters. The zero-order chi connectivity index (χ0) is 18.7. The number of esters is 1. The third-order valence-electron chi connectivity index (χ3n) is 5.61. The molecule has 2 unspecified atom stereocenters. The van der Waals surface area contributed by atoms with Gasteiger partial charge >= 0.3 is 5.97 Å². The minimum Gasteiger partial charge on any atom is -0.494 e. The Balaban J connectivity index is 1.72. The number of carbonyl (C=O) groups excluding carboxylic acids is 1. The van der Waals surface area contributed by atoms with Gasteiger partial charge in [0.05, 0.1) is 23.8 Å². The molecule has 27 heavy (non-hydrogen) atoms. The predicted octanol–water partition coefficient (Wildman–Crippen LogP) is 3.56. The van der Waals surface area contributed by atoms with E-state index in [1.54, 1.807) is 6.92 Å². The molecule has 2 bridgehead atoms. The second-order valence-electron chi connectivity index (χ2n) is 7.17. The lowest BCUT2D eigenvalue weighted by molar-refractivity contribution is 0.0465. The van der Waals surface area contributed by atoms with Crippen LogP contribution in [0.15, 0.2) is 12.2 Å². The maximum absolute atomic E-state index is 12.7. The summed E-state index contributed by atoms with van der Waals surface area (Å²) in [4.78, 5) is 13.9. The average molecular weight is 387 g/mol. The van der Waals surface area contributed by atoms with Crippen molar-refractivity contribution in [3.05, 3.63) is 39.3 Å². The number of aromatic hydroxyl groups is 2. The smallest absolute Gasteiger partial charge is 0.341 e. The number of aryl methyl sites for hydroxylation is 1. The normalized spacial score (nSPS) is 22.6. The predicted molar refractivity (Wildman–Crippen MR) is 100 cm³/mol. The molecule has 4 heterocycles. The minimum absolute atomic E-state index is 0.00588. The van der Waals surface area contributed by atoms with Crippen molar-refractivity contribution in [3.63, 3.8) is 0 Å². The first-order chi connectivity index (χ1) is 13.1. The molecular formula is C20H21NO5S. The molecule has 1 aliphatic carbocycles. The highest BCUT2D eigenvalue weighted by Gasteiger charge is 2.39. The van der Waals surface area contributed by atoms with E-state index in [2.05, 4.69) is 0 Å². The second kappa shape index (κ2) is 6.14. The fourth-order valence-electron chi connectivity index (χ4n) is 4.41. The molecule has 7 heteroatoms. The van der Waals surface area contributed by atoms with E-state index in [-0.39, 0.29) is 30.6 Å².